The summed E-state index contributed by atoms with van der Waals surface area (Å²) >= 11 is 6.03. The van der Waals surface area contributed by atoms with Crippen molar-refractivity contribution in [2.24, 2.45) is 0 Å². The molecule has 6 nitrogen and oxygen atoms in total. The molecule has 146 valence electrons. The van der Waals surface area contributed by atoms with Crippen molar-refractivity contribution in [1.29, 1.82) is 0 Å². The molecule has 1 spiro atoms. The highest BCUT2D eigenvalue weighted by molar-refractivity contribution is 7.91. The van der Waals surface area contributed by atoms with E-state index in [-0.39, 0.29) is 29.1 Å². The summed E-state index contributed by atoms with van der Waals surface area (Å²) in [6, 6.07) is 5.38. The third-order valence-electron chi connectivity index (χ3n) is 5.52. The Labute approximate surface area is 164 Å². The van der Waals surface area contributed by atoms with E-state index in [0.29, 0.717) is 18.0 Å². The number of carbonyl (C=O) groups is 1. The second-order valence-corrected chi connectivity index (χ2v) is 10.3. The smallest absolute Gasteiger partial charge is 0.234 e. The zero-order valence-electron chi connectivity index (χ0n) is 15.0. The number of amides is 1. The van der Waals surface area contributed by atoms with Crippen LogP contribution >= 0.6 is 11.6 Å². The normalized spacial score (nSPS) is 25.7. The predicted molar refractivity (Wildman–Crippen MR) is 105 cm³/mol. The Morgan fingerprint density at radius 1 is 1.33 bits per heavy atom. The van der Waals surface area contributed by atoms with E-state index in [2.05, 4.69) is 22.4 Å². The molecule has 1 N–H and O–H groups in total. The molecule has 3 heterocycles. The van der Waals surface area contributed by atoms with Crippen LogP contribution in [0.3, 0.4) is 0 Å². The fourth-order valence-corrected chi connectivity index (χ4v) is 5.83. The number of hydrogen-bond donors (Lipinski definition) is 1. The number of carbonyl (C=O) groups excluding carboxylic acids is 1. The van der Waals surface area contributed by atoms with Gasteiger partial charge in [-0.25, -0.2) is 8.42 Å². The van der Waals surface area contributed by atoms with Gasteiger partial charge in [0.25, 0.3) is 0 Å². The lowest BCUT2D eigenvalue weighted by atomic mass is 9.88. The highest BCUT2D eigenvalue weighted by Gasteiger charge is 2.37. The lowest BCUT2D eigenvalue weighted by molar-refractivity contribution is -0.123. The molecule has 2 saturated heterocycles. The number of rotatable bonds is 3. The number of fused-ring (bicyclic) bond motifs is 1. The fraction of sp³-hybridized carbons (Fsp3) is 0.526. The molecule has 0 radical (unpaired) electrons. The lowest BCUT2D eigenvalue weighted by Crippen LogP contribution is -2.50. The van der Waals surface area contributed by atoms with Crippen LogP contribution in [0.4, 0.5) is 0 Å². The first-order valence-corrected chi connectivity index (χ1v) is 11.4. The number of sulfone groups is 1. The van der Waals surface area contributed by atoms with Gasteiger partial charge in [0.15, 0.2) is 9.84 Å². The summed E-state index contributed by atoms with van der Waals surface area (Å²) in [7, 11) is -2.98. The first kappa shape index (κ1) is 18.8. The summed E-state index contributed by atoms with van der Waals surface area (Å²) in [5, 5.41) is 3.54. The van der Waals surface area contributed by atoms with Crippen molar-refractivity contribution in [3.63, 3.8) is 0 Å². The molecule has 4 rings (SSSR count). The van der Waals surface area contributed by atoms with E-state index >= 15 is 0 Å². The number of nitrogens with zero attached hydrogens (tertiary/aromatic N) is 1. The van der Waals surface area contributed by atoms with Crippen molar-refractivity contribution < 1.29 is 17.9 Å². The number of ether oxygens (including phenoxy) is 1. The Bertz CT molecular complexity index is 876. The van der Waals surface area contributed by atoms with Gasteiger partial charge in [-0.15, -0.1) is 0 Å². The molecule has 2 fully saturated rings. The van der Waals surface area contributed by atoms with Crippen molar-refractivity contribution in [3.05, 3.63) is 34.9 Å². The Morgan fingerprint density at radius 2 is 2.11 bits per heavy atom. The van der Waals surface area contributed by atoms with Crippen LogP contribution in [0.2, 0.25) is 5.02 Å². The molecule has 1 aromatic rings. The van der Waals surface area contributed by atoms with Crippen LogP contribution in [0.15, 0.2) is 24.3 Å². The molecule has 3 aliphatic heterocycles. The minimum atomic E-state index is -2.98. The average Bonchev–Trinajstić information content (AvgIpc) is 2.96. The van der Waals surface area contributed by atoms with Crippen LogP contribution in [-0.2, 0) is 14.6 Å². The zero-order valence-corrected chi connectivity index (χ0v) is 16.6. The van der Waals surface area contributed by atoms with Crippen LogP contribution in [0.25, 0.3) is 6.08 Å². The molecule has 0 bridgehead atoms. The van der Waals surface area contributed by atoms with Gasteiger partial charge in [0.05, 0.1) is 18.1 Å². The molecular weight excluding hydrogens is 388 g/mol. The van der Waals surface area contributed by atoms with Gasteiger partial charge in [-0.05, 0) is 30.7 Å². The van der Waals surface area contributed by atoms with E-state index in [1.54, 1.807) is 0 Å². The predicted octanol–water partition coefficient (Wildman–Crippen LogP) is 1.88. The number of halogens is 1. The minimum Gasteiger partial charge on any atom is -0.482 e. The van der Waals surface area contributed by atoms with Crippen LogP contribution in [0.5, 0.6) is 5.75 Å². The Hall–Kier alpha value is -1.57. The largest absolute Gasteiger partial charge is 0.482 e. The maximum Gasteiger partial charge on any atom is 0.234 e. The second kappa shape index (κ2) is 7.11. The summed E-state index contributed by atoms with van der Waals surface area (Å²) in [5.41, 5.74) is 0.661. The van der Waals surface area contributed by atoms with Gasteiger partial charge in [-0.2, -0.15) is 0 Å². The topological polar surface area (TPSA) is 75.7 Å². The molecule has 8 heteroatoms. The molecule has 0 aromatic heterocycles. The van der Waals surface area contributed by atoms with Crippen LogP contribution in [-0.4, -0.2) is 62.0 Å². The summed E-state index contributed by atoms with van der Waals surface area (Å²) in [4.78, 5) is 14.3. The summed E-state index contributed by atoms with van der Waals surface area (Å²) in [6.45, 7) is 1.80. The van der Waals surface area contributed by atoms with Gasteiger partial charge in [-0.1, -0.05) is 17.7 Å². The number of benzene rings is 1. The minimum absolute atomic E-state index is 0.0594. The van der Waals surface area contributed by atoms with E-state index in [1.165, 1.54) is 0 Å². The first-order valence-electron chi connectivity index (χ1n) is 9.23. The molecule has 0 saturated carbocycles. The van der Waals surface area contributed by atoms with Gasteiger partial charge in [0.2, 0.25) is 5.91 Å². The maximum absolute atomic E-state index is 12.2. The number of likely N-dealkylation sites (tertiary alicyclic amines) is 1. The molecule has 1 unspecified atom stereocenters. The molecule has 27 heavy (non-hydrogen) atoms. The second-order valence-electron chi connectivity index (χ2n) is 7.63. The Morgan fingerprint density at radius 3 is 2.81 bits per heavy atom. The van der Waals surface area contributed by atoms with Crippen molar-refractivity contribution in [3.8, 4) is 5.75 Å². The number of piperidine rings is 1. The van der Waals surface area contributed by atoms with Crippen molar-refractivity contribution in [1.82, 2.24) is 10.2 Å². The summed E-state index contributed by atoms with van der Waals surface area (Å²) in [6.07, 6.45) is 6.28. The third kappa shape index (κ3) is 4.31. The molecule has 1 aromatic carbocycles. The first-order chi connectivity index (χ1) is 12.8. The molecule has 3 aliphatic rings. The monoisotopic (exact) mass is 410 g/mol. The SMILES string of the molecule is O=C(CN1CCC2(C=Cc3cc(Cl)ccc3O2)CC1)NC1CCS(=O)(=O)C1. The number of hydrogen-bond acceptors (Lipinski definition) is 5. The maximum atomic E-state index is 12.2. The van der Waals surface area contributed by atoms with Crippen LogP contribution in [0, 0.1) is 0 Å². The van der Waals surface area contributed by atoms with Crippen molar-refractivity contribution >= 4 is 33.4 Å². The van der Waals surface area contributed by atoms with E-state index in [9.17, 15) is 13.2 Å². The standard InChI is InChI=1S/C19H23ClN2O4S/c20-15-1-2-17-14(11-15)3-5-19(26-17)6-8-22(9-7-19)12-18(23)21-16-4-10-27(24,25)13-16/h1-3,5,11,16H,4,6-10,12-13H2,(H,21,23). The Kier molecular flexibility index (Phi) is 4.94. The van der Waals surface area contributed by atoms with E-state index in [1.807, 2.05) is 18.2 Å². The van der Waals surface area contributed by atoms with Gasteiger partial charge < -0.3 is 10.1 Å². The van der Waals surface area contributed by atoms with E-state index < -0.39 is 9.84 Å². The van der Waals surface area contributed by atoms with Crippen LogP contribution < -0.4 is 10.1 Å². The highest BCUT2D eigenvalue weighted by Crippen LogP contribution is 2.37. The average molecular weight is 411 g/mol. The van der Waals surface area contributed by atoms with Crippen LogP contribution in [0.1, 0.15) is 24.8 Å². The molecule has 1 amide bonds. The van der Waals surface area contributed by atoms with Crippen molar-refractivity contribution in [2.75, 3.05) is 31.1 Å². The summed E-state index contributed by atoms with van der Waals surface area (Å²) in [5.74, 6) is 0.966. The van der Waals surface area contributed by atoms with Gasteiger partial charge in [0.1, 0.15) is 11.4 Å². The fourth-order valence-electron chi connectivity index (χ4n) is 3.98. The number of nitrogens with one attached hydrogen (secondary N) is 1. The van der Waals surface area contributed by atoms with E-state index in [4.69, 9.17) is 16.3 Å². The van der Waals surface area contributed by atoms with Gasteiger partial charge in [0, 0.05) is 42.6 Å². The highest BCUT2D eigenvalue weighted by atomic mass is 35.5. The van der Waals surface area contributed by atoms with Crippen molar-refractivity contribution in [2.45, 2.75) is 30.9 Å². The molecular formula is C19H23ClN2O4S. The molecule has 1 atom stereocenters. The van der Waals surface area contributed by atoms with Gasteiger partial charge in [-0.3, -0.25) is 9.69 Å². The summed E-state index contributed by atoms with van der Waals surface area (Å²) < 4.78 is 29.3. The van der Waals surface area contributed by atoms with E-state index in [0.717, 1.165) is 37.2 Å². The molecule has 0 aliphatic carbocycles. The quantitative estimate of drug-likeness (QED) is 0.823. The third-order valence-corrected chi connectivity index (χ3v) is 7.52. The Balaban J connectivity index is 1.29. The lowest BCUT2D eigenvalue weighted by Gasteiger charge is -2.41. The van der Waals surface area contributed by atoms with Gasteiger partial charge >= 0.3 is 0 Å². The zero-order chi connectivity index (χ0) is 19.1.